The molecule has 0 aliphatic carbocycles. The molecule has 50 heavy (non-hydrogen) atoms. The molecule has 0 spiro atoms. The first kappa shape index (κ1) is 36.9. The molecule has 0 bridgehead atoms. The van der Waals surface area contributed by atoms with Gasteiger partial charge in [-0.2, -0.15) is 12.1 Å². The molecule has 0 atom stereocenters. The van der Waals surface area contributed by atoms with Gasteiger partial charge in [0.15, 0.2) is 0 Å². The summed E-state index contributed by atoms with van der Waals surface area (Å²) in [5.41, 5.74) is 10.6. The van der Waals surface area contributed by atoms with Crippen LogP contribution >= 0.6 is 0 Å². The van der Waals surface area contributed by atoms with Crippen LogP contribution in [0.15, 0.2) is 158 Å². The van der Waals surface area contributed by atoms with E-state index in [0.29, 0.717) is 0 Å². The molecule has 0 saturated carbocycles. The molecule has 0 amide bonds. The summed E-state index contributed by atoms with van der Waals surface area (Å²) in [5, 5.41) is 10.9. The minimum Gasteiger partial charge on any atom is -0.358 e. The molecular formula is C48H44HfSi. The molecule has 8 aromatic rings. The summed E-state index contributed by atoms with van der Waals surface area (Å²) >= 11 is 0. The van der Waals surface area contributed by atoms with E-state index in [1.165, 1.54) is 86.8 Å². The van der Waals surface area contributed by atoms with E-state index in [1.807, 2.05) is 0 Å². The van der Waals surface area contributed by atoms with Crippen molar-refractivity contribution in [3.8, 4) is 22.3 Å². The van der Waals surface area contributed by atoms with Crippen LogP contribution < -0.4 is 20.7 Å². The van der Waals surface area contributed by atoms with Crippen molar-refractivity contribution in [2.24, 2.45) is 0 Å². The van der Waals surface area contributed by atoms with E-state index in [1.54, 1.807) is 0 Å². The first-order valence-electron chi connectivity index (χ1n) is 16.6. The molecule has 0 nitrogen and oxygen atoms in total. The minimum atomic E-state index is -2.76. The van der Waals surface area contributed by atoms with Gasteiger partial charge < -0.3 is 14.9 Å². The molecule has 0 aromatic heterocycles. The number of aryl methyl sites for hydroxylation is 2. The number of rotatable bonds is 6. The van der Waals surface area contributed by atoms with Gasteiger partial charge in [0.25, 0.3) is 0 Å². The monoisotopic (exact) mass is 828 g/mol. The van der Waals surface area contributed by atoms with Crippen molar-refractivity contribution in [2.75, 3.05) is 0 Å². The van der Waals surface area contributed by atoms with Crippen LogP contribution in [0.5, 0.6) is 0 Å². The van der Waals surface area contributed by atoms with Gasteiger partial charge in [-0.1, -0.05) is 120 Å². The number of fused-ring (bicyclic) bond motifs is 2. The first-order chi connectivity index (χ1) is 23.0. The topological polar surface area (TPSA) is 0 Å². The molecule has 2 heteroatoms. The quantitative estimate of drug-likeness (QED) is 0.116. The third-order valence-corrected chi connectivity index (χ3v) is 15.3. The van der Waals surface area contributed by atoms with E-state index in [-0.39, 0.29) is 40.7 Å². The van der Waals surface area contributed by atoms with Crippen LogP contribution in [0.3, 0.4) is 0 Å². The van der Waals surface area contributed by atoms with Gasteiger partial charge in [-0.25, -0.2) is 0 Å². The number of hydrogen-bond acceptors (Lipinski definition) is 0. The van der Waals surface area contributed by atoms with Crippen molar-refractivity contribution >= 4 is 50.4 Å². The smallest absolute Gasteiger partial charge is 0.358 e. The van der Waals surface area contributed by atoms with Gasteiger partial charge in [0.2, 0.25) is 0 Å². The van der Waals surface area contributed by atoms with Crippen LogP contribution in [0.25, 0.3) is 43.8 Å². The number of benzene rings is 6. The fraction of sp³-hybridized carbons (Fsp3) is 0.0833. The maximum Gasteiger partial charge on any atom is 4.00 e. The third kappa shape index (κ3) is 5.93. The average Bonchev–Trinajstić information content (AvgIpc) is 3.74. The number of hydrogen-bond donors (Lipinski definition) is 0. The fourth-order valence-corrected chi connectivity index (χ4v) is 12.7. The van der Waals surface area contributed by atoms with Crippen LogP contribution in [0.1, 0.15) is 22.3 Å². The Bertz CT molecular complexity index is 2220. The Kier molecular flexibility index (Phi) is 11.0. The van der Waals surface area contributed by atoms with Crippen LogP contribution in [-0.2, 0) is 25.8 Å². The van der Waals surface area contributed by atoms with Crippen LogP contribution in [-0.4, -0.2) is 8.07 Å². The summed E-state index contributed by atoms with van der Waals surface area (Å²) in [5.74, 6) is 0. The maximum absolute atomic E-state index is 2.76. The second-order valence-electron chi connectivity index (χ2n) is 13.1. The first-order valence-corrected chi connectivity index (χ1v) is 18.6. The predicted octanol–water partition coefficient (Wildman–Crippen LogP) is 10.3. The molecule has 0 fully saturated rings. The van der Waals surface area contributed by atoms with E-state index < -0.39 is 8.07 Å². The fourth-order valence-electron chi connectivity index (χ4n) is 7.83. The van der Waals surface area contributed by atoms with Gasteiger partial charge in [-0.05, 0) is 71.4 Å². The van der Waals surface area contributed by atoms with Crippen molar-refractivity contribution in [1.82, 2.24) is 0 Å². The molecule has 0 unspecified atom stereocenters. The van der Waals surface area contributed by atoms with Gasteiger partial charge >= 0.3 is 25.8 Å². The molecule has 8 aromatic carbocycles. The van der Waals surface area contributed by atoms with Crippen molar-refractivity contribution < 1.29 is 25.8 Å². The summed E-state index contributed by atoms with van der Waals surface area (Å²) in [6.45, 7) is 8.93. The Balaban J connectivity index is 0.00000162. The van der Waals surface area contributed by atoms with Crippen molar-refractivity contribution in [2.45, 2.75) is 27.7 Å². The summed E-state index contributed by atoms with van der Waals surface area (Å²) in [4.78, 5) is 0. The van der Waals surface area contributed by atoms with E-state index in [9.17, 15) is 0 Å². The summed E-state index contributed by atoms with van der Waals surface area (Å²) < 4.78 is 0. The van der Waals surface area contributed by atoms with Crippen LogP contribution in [0, 0.1) is 42.5 Å². The zero-order valence-electron chi connectivity index (χ0n) is 30.0. The maximum atomic E-state index is 2.53. The predicted molar refractivity (Wildman–Crippen MR) is 219 cm³/mol. The van der Waals surface area contributed by atoms with Gasteiger partial charge in [0, 0.05) is 0 Å². The van der Waals surface area contributed by atoms with Gasteiger partial charge in [0.1, 0.15) is 8.07 Å². The molecule has 0 saturated heterocycles. The Labute approximate surface area is 319 Å². The van der Waals surface area contributed by atoms with Gasteiger partial charge in [-0.15, -0.1) is 68.3 Å². The molecule has 0 aliphatic heterocycles. The van der Waals surface area contributed by atoms with Crippen LogP contribution in [0.4, 0.5) is 0 Å². The molecule has 0 heterocycles. The molecule has 0 N–H and O–H groups in total. The normalized spacial score (nSPS) is 11.1. The van der Waals surface area contributed by atoms with E-state index in [4.69, 9.17) is 0 Å². The molecule has 8 rings (SSSR count). The van der Waals surface area contributed by atoms with Gasteiger partial charge in [0.05, 0.1) is 0 Å². The second-order valence-corrected chi connectivity index (χ2v) is 16.9. The molecular weight excluding hydrogens is 783 g/mol. The van der Waals surface area contributed by atoms with E-state index in [2.05, 4.69) is 185 Å². The largest absolute Gasteiger partial charge is 4.00 e. The Morgan fingerprint density at radius 3 is 1.16 bits per heavy atom. The zero-order chi connectivity index (χ0) is 32.1. The Morgan fingerprint density at radius 2 is 0.760 bits per heavy atom. The van der Waals surface area contributed by atoms with Crippen molar-refractivity contribution in [1.29, 1.82) is 0 Å². The summed E-state index contributed by atoms with van der Waals surface area (Å²) in [7, 11) is -2.76. The van der Waals surface area contributed by atoms with E-state index in [0.717, 1.165) is 0 Å². The zero-order valence-corrected chi connectivity index (χ0v) is 34.6. The second kappa shape index (κ2) is 14.9. The summed E-state index contributed by atoms with van der Waals surface area (Å²) in [6, 6.07) is 59.7. The van der Waals surface area contributed by atoms with E-state index >= 15 is 0 Å². The molecule has 244 valence electrons. The van der Waals surface area contributed by atoms with Crippen LogP contribution in [0.2, 0.25) is 0 Å². The van der Waals surface area contributed by atoms with Crippen molar-refractivity contribution in [3.63, 3.8) is 0 Å². The van der Waals surface area contributed by atoms with Crippen molar-refractivity contribution in [3.05, 3.63) is 195 Å². The third-order valence-electron chi connectivity index (χ3n) is 10.6. The SMILES string of the molecule is Cc1cccc(-c2cccc3[cH-]c([Si](c4ccccc4)(c4ccccc4)c4cc5c(-c6cccc(C)c6C)cccc5[cH-]4)cc23)c1C.[CH3-].[CH3-].[Hf+4]. The van der Waals surface area contributed by atoms with Gasteiger partial charge in [-0.3, -0.25) is 0 Å². The Hall–Kier alpha value is -4.37. The Morgan fingerprint density at radius 1 is 0.400 bits per heavy atom. The molecule has 0 radical (unpaired) electrons. The molecule has 0 aliphatic rings. The standard InChI is InChI=1S/C46H38Si.2CH3.Hf/c1-31-15-11-23-41(33(31)3)43-25-13-17-35-27-39(29-45(35)43)47(37-19-7-5-8-20-37,38-21-9-6-10-22-38)40-28-36-18-14-26-44(46(36)30-40)42-24-12-16-32(2)34(42)4;;;/h5-30H,1-4H3;2*1H3;/q-2;2*-1;+4. The summed E-state index contributed by atoms with van der Waals surface area (Å²) in [6.07, 6.45) is 0. The minimum absolute atomic E-state index is 0. The average molecular weight is 827 g/mol.